The Morgan fingerprint density at radius 3 is 3.11 bits per heavy atom. The largest absolute Gasteiger partial charge is 0.492 e. The molecule has 0 aliphatic carbocycles. The van der Waals surface area contributed by atoms with Gasteiger partial charge in [-0.2, -0.15) is 0 Å². The molecule has 4 heteroatoms. The third-order valence-corrected chi connectivity index (χ3v) is 3.94. The van der Waals surface area contributed by atoms with Crippen LogP contribution in [0.5, 0.6) is 5.75 Å². The second-order valence-electron chi connectivity index (χ2n) is 4.41. The zero-order valence-corrected chi connectivity index (χ0v) is 11.8. The van der Waals surface area contributed by atoms with E-state index in [9.17, 15) is 0 Å². The van der Waals surface area contributed by atoms with Crippen molar-refractivity contribution in [3.63, 3.8) is 0 Å². The number of benzene rings is 1. The van der Waals surface area contributed by atoms with Gasteiger partial charge in [0.05, 0.1) is 6.54 Å². The molecule has 1 N–H and O–H groups in total. The van der Waals surface area contributed by atoms with Gasteiger partial charge in [-0.25, -0.2) is 0 Å². The Morgan fingerprint density at radius 2 is 2.39 bits per heavy atom. The molecule has 2 rings (SSSR count). The lowest BCUT2D eigenvalue weighted by Crippen LogP contribution is -2.26. The molecule has 1 aliphatic rings. The van der Waals surface area contributed by atoms with Crippen molar-refractivity contribution in [3.05, 3.63) is 29.8 Å². The summed E-state index contributed by atoms with van der Waals surface area (Å²) in [6.45, 7) is 5.60. The van der Waals surface area contributed by atoms with Crippen LogP contribution in [-0.4, -0.2) is 30.1 Å². The van der Waals surface area contributed by atoms with E-state index in [2.05, 4.69) is 30.2 Å². The zero-order valence-electron chi connectivity index (χ0n) is 11.0. The number of thioether (sulfide) groups is 1. The molecule has 0 aromatic heterocycles. The van der Waals surface area contributed by atoms with Gasteiger partial charge in [-0.3, -0.25) is 4.99 Å². The maximum Gasteiger partial charge on any atom is 0.156 e. The number of nitrogens with one attached hydrogen (secondary N) is 1. The minimum absolute atomic E-state index is 0.589. The average molecular weight is 264 g/mol. The van der Waals surface area contributed by atoms with Gasteiger partial charge < -0.3 is 10.1 Å². The highest BCUT2D eigenvalue weighted by Gasteiger charge is 2.17. The molecule has 1 aromatic carbocycles. The van der Waals surface area contributed by atoms with Crippen molar-refractivity contribution in [3.8, 4) is 5.75 Å². The van der Waals surface area contributed by atoms with Gasteiger partial charge in [-0.05, 0) is 31.0 Å². The standard InChI is InChI=1S/C14H20N2OS/c1-3-12-10-18-14(16-12)15-7-8-17-13-6-4-5-11(2)9-13/h4-6,9,12H,3,7-8,10H2,1-2H3,(H,15,16). The first-order valence-corrected chi connectivity index (χ1v) is 7.39. The van der Waals surface area contributed by atoms with Crippen molar-refractivity contribution in [2.75, 3.05) is 18.9 Å². The topological polar surface area (TPSA) is 33.6 Å². The predicted octanol–water partition coefficient (Wildman–Crippen LogP) is 2.84. The summed E-state index contributed by atoms with van der Waals surface area (Å²) in [7, 11) is 0. The SMILES string of the molecule is CCC1CSC(=NCCOc2cccc(C)c2)N1. The second kappa shape index (κ2) is 6.69. The Bertz CT molecular complexity index is 420. The van der Waals surface area contributed by atoms with Crippen molar-refractivity contribution in [1.82, 2.24) is 5.32 Å². The maximum absolute atomic E-state index is 5.66. The second-order valence-corrected chi connectivity index (χ2v) is 5.42. The average Bonchev–Trinajstić information content (AvgIpc) is 2.83. The van der Waals surface area contributed by atoms with Gasteiger partial charge >= 0.3 is 0 Å². The lowest BCUT2D eigenvalue weighted by atomic mass is 10.2. The summed E-state index contributed by atoms with van der Waals surface area (Å²) < 4.78 is 5.66. The summed E-state index contributed by atoms with van der Waals surface area (Å²) in [5, 5.41) is 4.47. The summed E-state index contributed by atoms with van der Waals surface area (Å²) in [5.74, 6) is 2.06. The van der Waals surface area contributed by atoms with Crippen LogP contribution >= 0.6 is 11.8 Å². The molecule has 1 atom stereocenters. The van der Waals surface area contributed by atoms with Crippen LogP contribution in [0.2, 0.25) is 0 Å². The summed E-state index contributed by atoms with van der Waals surface area (Å²) in [4.78, 5) is 4.50. The highest BCUT2D eigenvalue weighted by Crippen LogP contribution is 2.15. The minimum Gasteiger partial charge on any atom is -0.492 e. The van der Waals surface area contributed by atoms with Crippen LogP contribution in [-0.2, 0) is 0 Å². The molecule has 1 fully saturated rings. The molecule has 0 bridgehead atoms. The van der Waals surface area contributed by atoms with Crippen LogP contribution in [0, 0.1) is 6.92 Å². The van der Waals surface area contributed by atoms with E-state index in [1.807, 2.05) is 30.0 Å². The van der Waals surface area contributed by atoms with E-state index in [1.165, 1.54) is 5.56 Å². The van der Waals surface area contributed by atoms with Crippen LogP contribution in [0.25, 0.3) is 0 Å². The Kier molecular flexibility index (Phi) is 4.93. The van der Waals surface area contributed by atoms with Crippen molar-refractivity contribution in [2.45, 2.75) is 26.3 Å². The third-order valence-electron chi connectivity index (χ3n) is 2.85. The monoisotopic (exact) mass is 264 g/mol. The smallest absolute Gasteiger partial charge is 0.156 e. The molecule has 0 amide bonds. The van der Waals surface area contributed by atoms with E-state index >= 15 is 0 Å². The fourth-order valence-electron chi connectivity index (χ4n) is 1.76. The zero-order chi connectivity index (χ0) is 12.8. The number of aliphatic imine (C=N–C) groups is 1. The van der Waals surface area contributed by atoms with E-state index < -0.39 is 0 Å². The quantitative estimate of drug-likeness (QED) is 0.830. The van der Waals surface area contributed by atoms with Crippen LogP contribution in [0.15, 0.2) is 29.3 Å². The normalized spacial score (nSPS) is 21.0. The fraction of sp³-hybridized carbons (Fsp3) is 0.500. The van der Waals surface area contributed by atoms with E-state index in [4.69, 9.17) is 4.74 Å². The first-order chi connectivity index (χ1) is 8.78. The molecule has 1 aliphatic heterocycles. The Balaban J connectivity index is 1.71. The summed E-state index contributed by atoms with van der Waals surface area (Å²) in [6.07, 6.45) is 1.16. The molecule has 1 unspecified atom stereocenters. The summed E-state index contributed by atoms with van der Waals surface area (Å²) in [6, 6.07) is 8.69. The molecule has 1 aromatic rings. The molecule has 0 radical (unpaired) electrons. The predicted molar refractivity (Wildman–Crippen MR) is 78.6 cm³/mol. The Hall–Kier alpha value is -1.16. The molecule has 1 heterocycles. The molecule has 0 spiro atoms. The molecular formula is C14H20N2OS. The van der Waals surface area contributed by atoms with Crippen LogP contribution in [0.1, 0.15) is 18.9 Å². The van der Waals surface area contributed by atoms with Crippen molar-refractivity contribution in [1.29, 1.82) is 0 Å². The van der Waals surface area contributed by atoms with Gasteiger partial charge in [0.1, 0.15) is 12.4 Å². The summed E-state index contributed by atoms with van der Waals surface area (Å²) in [5.41, 5.74) is 1.22. The van der Waals surface area contributed by atoms with E-state index in [0.717, 1.165) is 23.1 Å². The maximum atomic E-state index is 5.66. The van der Waals surface area contributed by atoms with E-state index in [-0.39, 0.29) is 0 Å². The molecule has 1 saturated heterocycles. The van der Waals surface area contributed by atoms with E-state index in [0.29, 0.717) is 19.2 Å². The van der Waals surface area contributed by atoms with Crippen LogP contribution in [0.4, 0.5) is 0 Å². The lowest BCUT2D eigenvalue weighted by molar-refractivity contribution is 0.328. The Labute approximate surface area is 113 Å². The van der Waals surface area contributed by atoms with E-state index in [1.54, 1.807) is 0 Å². The first-order valence-electron chi connectivity index (χ1n) is 6.41. The number of amidine groups is 1. The van der Waals surface area contributed by atoms with Crippen molar-refractivity contribution in [2.24, 2.45) is 4.99 Å². The van der Waals surface area contributed by atoms with Crippen LogP contribution < -0.4 is 10.1 Å². The Morgan fingerprint density at radius 1 is 1.50 bits per heavy atom. The number of hydrogen-bond acceptors (Lipinski definition) is 3. The third kappa shape index (κ3) is 3.95. The van der Waals surface area contributed by atoms with Gasteiger partial charge in [0.25, 0.3) is 0 Å². The molecule has 3 nitrogen and oxygen atoms in total. The van der Waals surface area contributed by atoms with Gasteiger partial charge in [0.15, 0.2) is 5.17 Å². The van der Waals surface area contributed by atoms with Gasteiger partial charge in [-0.15, -0.1) is 0 Å². The summed E-state index contributed by atoms with van der Waals surface area (Å²) >= 11 is 1.81. The lowest BCUT2D eigenvalue weighted by Gasteiger charge is -2.06. The fourth-order valence-corrected chi connectivity index (χ4v) is 2.88. The van der Waals surface area contributed by atoms with Gasteiger partial charge in [-0.1, -0.05) is 30.8 Å². The van der Waals surface area contributed by atoms with Gasteiger partial charge in [0, 0.05) is 11.8 Å². The number of hydrogen-bond donors (Lipinski definition) is 1. The number of aryl methyl sites for hydroxylation is 1. The molecule has 0 saturated carbocycles. The minimum atomic E-state index is 0.589. The van der Waals surface area contributed by atoms with Crippen LogP contribution in [0.3, 0.4) is 0 Å². The number of rotatable bonds is 5. The van der Waals surface area contributed by atoms with Gasteiger partial charge in [0.2, 0.25) is 0 Å². The highest BCUT2D eigenvalue weighted by molar-refractivity contribution is 8.14. The van der Waals surface area contributed by atoms with Crippen molar-refractivity contribution < 1.29 is 4.74 Å². The number of ether oxygens (including phenoxy) is 1. The van der Waals surface area contributed by atoms with Crippen molar-refractivity contribution >= 4 is 16.9 Å². The highest BCUT2D eigenvalue weighted by atomic mass is 32.2. The molecular weight excluding hydrogens is 244 g/mol. The molecule has 98 valence electrons. The first kappa shape index (κ1) is 13.3. The molecule has 18 heavy (non-hydrogen) atoms. The number of nitrogens with zero attached hydrogens (tertiary/aromatic N) is 1.